The number of carbonyl (C=O) groups is 5. The quantitative estimate of drug-likeness (QED) is 0.508. The molecule has 0 unspecified atom stereocenters. The van der Waals surface area contributed by atoms with Crippen molar-refractivity contribution in [1.29, 1.82) is 0 Å². The Morgan fingerprint density at radius 2 is 1.73 bits per heavy atom. The van der Waals surface area contributed by atoms with Crippen molar-refractivity contribution >= 4 is 29.8 Å². The zero-order valence-electron chi connectivity index (χ0n) is 17.6. The number of carbonyl (C=O) groups excluding carboxylic acids is 5. The van der Waals surface area contributed by atoms with Crippen LogP contribution in [0.25, 0.3) is 0 Å². The maximum Gasteiger partial charge on any atom is 0.327 e. The van der Waals surface area contributed by atoms with Crippen molar-refractivity contribution in [3.8, 4) is 0 Å². The Labute approximate surface area is 175 Å². The van der Waals surface area contributed by atoms with Gasteiger partial charge in [0.2, 0.25) is 0 Å². The molecule has 2 aliphatic carbocycles. The van der Waals surface area contributed by atoms with Crippen LogP contribution in [0.4, 0.5) is 9.59 Å². The molecule has 10 nitrogen and oxygen atoms in total. The van der Waals surface area contributed by atoms with E-state index in [0.29, 0.717) is 12.8 Å². The molecule has 1 saturated heterocycles. The van der Waals surface area contributed by atoms with Crippen molar-refractivity contribution in [2.24, 2.45) is 0 Å². The minimum Gasteiger partial charge on any atom is -0.451 e. The van der Waals surface area contributed by atoms with Gasteiger partial charge in [-0.05, 0) is 32.6 Å². The lowest BCUT2D eigenvalue weighted by Crippen LogP contribution is -2.49. The maximum atomic E-state index is 12.9. The standard InChI is InChI=1S/C20H30N4O6/c1-13(16(26)22-18(28)21-14-8-4-5-9-14)30-15(25)12-24-17(27)20(23(2)19(24)29)10-6-3-7-11-20/h13-14H,3-12H2,1-2H3,(H2,21,22,26,28)/t13-/m1/s1. The monoisotopic (exact) mass is 422 g/mol. The lowest BCUT2D eigenvalue weighted by atomic mass is 9.81. The van der Waals surface area contributed by atoms with E-state index in [4.69, 9.17) is 4.74 Å². The van der Waals surface area contributed by atoms with Crippen LogP contribution in [-0.2, 0) is 19.1 Å². The molecule has 3 fully saturated rings. The molecule has 6 amide bonds. The first kappa shape index (κ1) is 22.0. The molecule has 0 radical (unpaired) electrons. The average molecular weight is 422 g/mol. The largest absolute Gasteiger partial charge is 0.451 e. The smallest absolute Gasteiger partial charge is 0.327 e. The first-order chi connectivity index (χ1) is 14.2. The van der Waals surface area contributed by atoms with E-state index in [9.17, 15) is 24.0 Å². The van der Waals surface area contributed by atoms with Gasteiger partial charge in [-0.15, -0.1) is 0 Å². The SMILES string of the molecule is C[C@@H](OC(=O)CN1C(=O)N(C)C2(CCCCC2)C1=O)C(=O)NC(=O)NC1CCCC1. The van der Waals surface area contributed by atoms with Crippen molar-refractivity contribution in [3.05, 3.63) is 0 Å². The molecular weight excluding hydrogens is 392 g/mol. The summed E-state index contributed by atoms with van der Waals surface area (Å²) >= 11 is 0. The maximum absolute atomic E-state index is 12.9. The number of esters is 1. The Morgan fingerprint density at radius 1 is 1.10 bits per heavy atom. The van der Waals surface area contributed by atoms with E-state index in [1.54, 1.807) is 7.05 Å². The Hall–Kier alpha value is -2.65. The summed E-state index contributed by atoms with van der Waals surface area (Å²) < 4.78 is 5.06. The van der Waals surface area contributed by atoms with Crippen molar-refractivity contribution in [2.45, 2.75) is 82.4 Å². The van der Waals surface area contributed by atoms with Crippen molar-refractivity contribution < 1.29 is 28.7 Å². The number of ether oxygens (including phenoxy) is 1. The van der Waals surface area contributed by atoms with Crippen molar-refractivity contribution in [1.82, 2.24) is 20.4 Å². The molecule has 1 aliphatic heterocycles. The van der Waals surface area contributed by atoms with E-state index in [1.807, 2.05) is 0 Å². The second-order valence-corrected chi connectivity index (χ2v) is 8.40. The van der Waals surface area contributed by atoms with Crippen LogP contribution in [0.5, 0.6) is 0 Å². The van der Waals surface area contributed by atoms with Gasteiger partial charge in [0.1, 0.15) is 12.1 Å². The second kappa shape index (κ2) is 9.01. The third-order valence-corrected chi connectivity index (χ3v) is 6.38. The van der Waals surface area contributed by atoms with E-state index >= 15 is 0 Å². The van der Waals surface area contributed by atoms with Crippen LogP contribution in [-0.4, -0.2) is 70.9 Å². The third kappa shape index (κ3) is 4.41. The summed E-state index contributed by atoms with van der Waals surface area (Å²) in [5.41, 5.74) is -0.878. The summed E-state index contributed by atoms with van der Waals surface area (Å²) in [5.74, 6) is -2.03. The summed E-state index contributed by atoms with van der Waals surface area (Å²) in [4.78, 5) is 64.0. The van der Waals surface area contributed by atoms with Crippen molar-refractivity contribution in [3.63, 3.8) is 0 Å². The summed E-state index contributed by atoms with van der Waals surface area (Å²) in [6, 6.07) is -1.11. The van der Waals surface area contributed by atoms with Crippen LogP contribution in [0.2, 0.25) is 0 Å². The lowest BCUT2D eigenvalue weighted by molar-refractivity contribution is -0.156. The highest BCUT2D eigenvalue weighted by Crippen LogP contribution is 2.39. The van der Waals surface area contributed by atoms with Crippen LogP contribution in [0.15, 0.2) is 0 Å². The van der Waals surface area contributed by atoms with Gasteiger partial charge in [0, 0.05) is 13.1 Å². The number of hydrogen-bond donors (Lipinski definition) is 2. The number of amides is 6. The van der Waals surface area contributed by atoms with Gasteiger partial charge in [-0.1, -0.05) is 32.1 Å². The minimum absolute atomic E-state index is 0.0481. The fourth-order valence-electron chi connectivity index (χ4n) is 4.59. The molecule has 0 bridgehead atoms. The predicted octanol–water partition coefficient (Wildman–Crippen LogP) is 1.28. The molecule has 30 heavy (non-hydrogen) atoms. The fraction of sp³-hybridized carbons (Fsp3) is 0.750. The van der Waals surface area contributed by atoms with Gasteiger partial charge in [-0.2, -0.15) is 0 Å². The van der Waals surface area contributed by atoms with Gasteiger partial charge >= 0.3 is 18.0 Å². The van der Waals surface area contributed by atoms with Gasteiger partial charge in [-0.3, -0.25) is 24.6 Å². The fourth-order valence-corrected chi connectivity index (χ4v) is 4.59. The Morgan fingerprint density at radius 3 is 2.37 bits per heavy atom. The highest BCUT2D eigenvalue weighted by atomic mass is 16.5. The third-order valence-electron chi connectivity index (χ3n) is 6.38. The first-order valence-electron chi connectivity index (χ1n) is 10.7. The molecule has 10 heteroatoms. The van der Waals surface area contributed by atoms with E-state index in [2.05, 4.69) is 10.6 Å². The highest BCUT2D eigenvalue weighted by molar-refractivity contribution is 6.08. The first-order valence-corrected chi connectivity index (χ1v) is 10.7. The van der Waals surface area contributed by atoms with Gasteiger partial charge in [0.15, 0.2) is 6.10 Å². The molecule has 0 aromatic carbocycles. The molecule has 3 rings (SSSR count). The zero-order chi connectivity index (χ0) is 21.9. The molecule has 2 saturated carbocycles. The Kier molecular flexibility index (Phi) is 6.62. The molecule has 1 atom stereocenters. The summed E-state index contributed by atoms with van der Waals surface area (Å²) in [5, 5.41) is 4.87. The topological polar surface area (TPSA) is 125 Å². The number of imide groups is 2. The van der Waals surface area contributed by atoms with E-state index in [-0.39, 0.29) is 11.9 Å². The van der Waals surface area contributed by atoms with Crippen LogP contribution < -0.4 is 10.6 Å². The van der Waals surface area contributed by atoms with Crippen LogP contribution >= 0.6 is 0 Å². The van der Waals surface area contributed by atoms with Gasteiger partial charge in [0.25, 0.3) is 11.8 Å². The van der Waals surface area contributed by atoms with Gasteiger partial charge in [-0.25, -0.2) is 9.59 Å². The molecule has 1 spiro atoms. The number of likely N-dealkylation sites (N-methyl/N-ethyl adjacent to an activating group) is 1. The lowest BCUT2D eigenvalue weighted by Gasteiger charge is -2.35. The van der Waals surface area contributed by atoms with E-state index in [1.165, 1.54) is 11.8 Å². The number of hydrogen-bond acceptors (Lipinski definition) is 6. The zero-order valence-corrected chi connectivity index (χ0v) is 17.6. The van der Waals surface area contributed by atoms with Crippen LogP contribution in [0.3, 0.4) is 0 Å². The molecule has 166 valence electrons. The molecule has 2 N–H and O–H groups in total. The van der Waals surface area contributed by atoms with Gasteiger partial charge in [0.05, 0.1) is 0 Å². The summed E-state index contributed by atoms with van der Waals surface area (Å²) in [7, 11) is 1.58. The Bertz CT molecular complexity index is 727. The molecule has 1 heterocycles. The molecular formula is C20H30N4O6. The van der Waals surface area contributed by atoms with Crippen LogP contribution in [0.1, 0.15) is 64.7 Å². The molecule has 3 aliphatic rings. The molecule has 0 aromatic heterocycles. The predicted molar refractivity (Wildman–Crippen MR) is 105 cm³/mol. The number of urea groups is 2. The van der Waals surface area contributed by atoms with Gasteiger partial charge < -0.3 is 15.0 Å². The van der Waals surface area contributed by atoms with Crippen LogP contribution in [0, 0.1) is 0 Å². The Balaban J connectivity index is 1.50. The average Bonchev–Trinajstić information content (AvgIpc) is 3.28. The van der Waals surface area contributed by atoms with E-state index < -0.39 is 42.1 Å². The van der Waals surface area contributed by atoms with Crippen molar-refractivity contribution in [2.75, 3.05) is 13.6 Å². The summed E-state index contributed by atoms with van der Waals surface area (Å²) in [6.45, 7) is 0.772. The van der Waals surface area contributed by atoms with E-state index in [0.717, 1.165) is 49.8 Å². The normalized spacial score (nSPS) is 22.3. The number of nitrogens with one attached hydrogen (secondary N) is 2. The summed E-state index contributed by atoms with van der Waals surface area (Å²) in [6.07, 6.45) is 6.46. The minimum atomic E-state index is -1.24. The highest BCUT2D eigenvalue weighted by Gasteiger charge is 2.56. The molecule has 0 aromatic rings. The number of nitrogens with zero attached hydrogens (tertiary/aromatic N) is 2. The second-order valence-electron chi connectivity index (χ2n) is 8.40. The number of rotatable bonds is 5.